The molecule has 0 atom stereocenters. The van der Waals surface area contributed by atoms with E-state index in [4.69, 9.17) is 10.2 Å². The zero-order valence-corrected chi connectivity index (χ0v) is 6.84. The zero-order chi connectivity index (χ0) is 10.0. The van der Waals surface area contributed by atoms with Crippen LogP contribution in [0, 0.1) is 5.82 Å². The Morgan fingerprint density at radius 3 is 2.62 bits per heavy atom. The molecule has 1 aromatic carbocycles. The Balaban J connectivity index is 3.10. The zero-order valence-electron chi connectivity index (χ0n) is 6.84. The third kappa shape index (κ3) is 1.87. The van der Waals surface area contributed by atoms with Gasteiger partial charge in [-0.05, 0) is 12.1 Å². The minimum absolute atomic E-state index is 0.0669. The maximum atomic E-state index is 12.8. The molecule has 0 saturated carbocycles. The summed E-state index contributed by atoms with van der Waals surface area (Å²) in [4.78, 5) is 10.6. The SMILES string of the molecule is CC(=O)Nc1ccc(O)c(F)c1O. The highest BCUT2D eigenvalue weighted by molar-refractivity contribution is 5.90. The summed E-state index contributed by atoms with van der Waals surface area (Å²) in [5.41, 5.74) is -0.0669. The highest BCUT2D eigenvalue weighted by Crippen LogP contribution is 2.31. The maximum absolute atomic E-state index is 12.8. The Morgan fingerprint density at radius 2 is 2.08 bits per heavy atom. The van der Waals surface area contributed by atoms with E-state index in [1.54, 1.807) is 0 Å². The summed E-state index contributed by atoms with van der Waals surface area (Å²) in [5.74, 6) is -3.01. The average molecular weight is 185 g/mol. The first kappa shape index (κ1) is 9.31. The van der Waals surface area contributed by atoms with E-state index in [0.29, 0.717) is 0 Å². The molecule has 0 aliphatic rings. The van der Waals surface area contributed by atoms with Crippen LogP contribution in [0.25, 0.3) is 0 Å². The average Bonchev–Trinajstić information content (AvgIpc) is 2.06. The second-order valence-corrected chi connectivity index (χ2v) is 2.48. The van der Waals surface area contributed by atoms with Gasteiger partial charge < -0.3 is 15.5 Å². The van der Waals surface area contributed by atoms with Gasteiger partial charge in [-0.15, -0.1) is 0 Å². The summed E-state index contributed by atoms with van der Waals surface area (Å²) in [6.07, 6.45) is 0. The molecule has 1 amide bonds. The summed E-state index contributed by atoms with van der Waals surface area (Å²) in [7, 11) is 0. The second kappa shape index (κ2) is 3.30. The molecule has 4 nitrogen and oxygen atoms in total. The number of hydrogen-bond donors (Lipinski definition) is 3. The number of amides is 1. The number of carbonyl (C=O) groups is 1. The van der Waals surface area contributed by atoms with E-state index < -0.39 is 23.2 Å². The summed E-state index contributed by atoms with van der Waals surface area (Å²) < 4.78 is 12.8. The minimum Gasteiger partial charge on any atom is -0.505 e. The molecule has 1 rings (SSSR count). The van der Waals surface area contributed by atoms with Gasteiger partial charge in [0.05, 0.1) is 5.69 Å². The Bertz CT molecular complexity index is 351. The van der Waals surface area contributed by atoms with Crippen LogP contribution in [0.15, 0.2) is 12.1 Å². The predicted molar refractivity (Wildman–Crippen MR) is 44.0 cm³/mol. The summed E-state index contributed by atoms with van der Waals surface area (Å²) in [6.45, 7) is 1.23. The predicted octanol–water partition coefficient (Wildman–Crippen LogP) is 1.20. The maximum Gasteiger partial charge on any atom is 0.221 e. The lowest BCUT2D eigenvalue weighted by molar-refractivity contribution is -0.114. The first-order valence-corrected chi connectivity index (χ1v) is 3.50. The van der Waals surface area contributed by atoms with E-state index in [9.17, 15) is 9.18 Å². The third-order valence-electron chi connectivity index (χ3n) is 1.41. The number of phenols is 2. The first-order valence-electron chi connectivity index (χ1n) is 3.50. The van der Waals surface area contributed by atoms with Crippen LogP contribution in [-0.2, 0) is 4.79 Å². The molecule has 3 N–H and O–H groups in total. The number of aromatic hydroxyl groups is 2. The number of anilines is 1. The first-order chi connectivity index (χ1) is 6.02. The molecule has 0 fully saturated rings. The van der Waals surface area contributed by atoms with Crippen LogP contribution in [0.3, 0.4) is 0 Å². The number of nitrogens with one attached hydrogen (secondary N) is 1. The number of carbonyl (C=O) groups excluding carboxylic acids is 1. The fourth-order valence-electron chi connectivity index (χ4n) is 0.844. The van der Waals surface area contributed by atoms with E-state index >= 15 is 0 Å². The van der Waals surface area contributed by atoms with Crippen LogP contribution in [0.1, 0.15) is 6.92 Å². The van der Waals surface area contributed by atoms with Crippen molar-refractivity contribution in [1.82, 2.24) is 0 Å². The van der Waals surface area contributed by atoms with Crippen molar-refractivity contribution in [1.29, 1.82) is 0 Å². The minimum atomic E-state index is -1.15. The van der Waals surface area contributed by atoms with Crippen molar-refractivity contribution in [3.05, 3.63) is 17.9 Å². The van der Waals surface area contributed by atoms with Crippen LogP contribution >= 0.6 is 0 Å². The summed E-state index contributed by atoms with van der Waals surface area (Å²) >= 11 is 0. The van der Waals surface area contributed by atoms with Gasteiger partial charge in [0, 0.05) is 6.92 Å². The Hall–Kier alpha value is -1.78. The molecule has 5 heteroatoms. The summed E-state index contributed by atoms with van der Waals surface area (Å²) in [6, 6.07) is 2.25. The molecule has 70 valence electrons. The Labute approximate surface area is 73.6 Å². The van der Waals surface area contributed by atoms with E-state index in [-0.39, 0.29) is 5.69 Å². The molecule has 0 aromatic heterocycles. The van der Waals surface area contributed by atoms with E-state index in [2.05, 4.69) is 5.32 Å². The van der Waals surface area contributed by atoms with E-state index in [1.165, 1.54) is 13.0 Å². The lowest BCUT2D eigenvalue weighted by Gasteiger charge is -2.05. The van der Waals surface area contributed by atoms with Gasteiger partial charge in [0.25, 0.3) is 0 Å². The second-order valence-electron chi connectivity index (χ2n) is 2.48. The van der Waals surface area contributed by atoms with Crippen LogP contribution < -0.4 is 5.32 Å². The van der Waals surface area contributed by atoms with Crippen LogP contribution in [-0.4, -0.2) is 16.1 Å². The number of hydrogen-bond acceptors (Lipinski definition) is 3. The molecule has 0 bridgehead atoms. The van der Waals surface area contributed by atoms with Crippen molar-refractivity contribution in [3.63, 3.8) is 0 Å². The van der Waals surface area contributed by atoms with Crippen molar-refractivity contribution in [2.24, 2.45) is 0 Å². The number of benzene rings is 1. The highest BCUT2D eigenvalue weighted by Gasteiger charge is 2.11. The van der Waals surface area contributed by atoms with Crippen molar-refractivity contribution < 1.29 is 19.4 Å². The monoisotopic (exact) mass is 185 g/mol. The smallest absolute Gasteiger partial charge is 0.221 e. The molecule has 13 heavy (non-hydrogen) atoms. The molecular formula is C8H8FNO3. The van der Waals surface area contributed by atoms with Gasteiger partial charge in [0.2, 0.25) is 11.7 Å². The molecule has 0 unspecified atom stereocenters. The number of phenolic OH excluding ortho intramolecular Hbond substituents is 2. The molecule has 0 aliphatic carbocycles. The Morgan fingerprint density at radius 1 is 1.46 bits per heavy atom. The number of rotatable bonds is 1. The van der Waals surface area contributed by atoms with Gasteiger partial charge in [-0.2, -0.15) is 4.39 Å². The van der Waals surface area contributed by atoms with Gasteiger partial charge in [-0.1, -0.05) is 0 Å². The van der Waals surface area contributed by atoms with Crippen molar-refractivity contribution >= 4 is 11.6 Å². The molecule has 1 aromatic rings. The Kier molecular flexibility index (Phi) is 2.36. The normalized spacial score (nSPS) is 9.69. The van der Waals surface area contributed by atoms with Gasteiger partial charge in [-0.3, -0.25) is 4.79 Å². The topological polar surface area (TPSA) is 69.6 Å². The number of halogens is 1. The highest BCUT2D eigenvalue weighted by atomic mass is 19.1. The van der Waals surface area contributed by atoms with E-state index in [0.717, 1.165) is 6.07 Å². The van der Waals surface area contributed by atoms with Crippen LogP contribution in [0.4, 0.5) is 10.1 Å². The van der Waals surface area contributed by atoms with Gasteiger partial charge in [0.15, 0.2) is 11.5 Å². The summed E-state index contributed by atoms with van der Waals surface area (Å²) in [5, 5.41) is 20.1. The van der Waals surface area contributed by atoms with Crippen LogP contribution in [0.5, 0.6) is 11.5 Å². The molecule has 0 aliphatic heterocycles. The standard InChI is InChI=1S/C8H8FNO3/c1-4(11)10-5-2-3-6(12)7(9)8(5)13/h2-3,12-13H,1H3,(H,10,11). The van der Waals surface area contributed by atoms with Crippen molar-refractivity contribution in [2.45, 2.75) is 6.92 Å². The van der Waals surface area contributed by atoms with Crippen molar-refractivity contribution in [2.75, 3.05) is 5.32 Å². The molecule has 0 radical (unpaired) electrons. The molecule has 0 saturated heterocycles. The van der Waals surface area contributed by atoms with Gasteiger partial charge in [0.1, 0.15) is 0 Å². The van der Waals surface area contributed by atoms with Gasteiger partial charge in [-0.25, -0.2) is 0 Å². The quantitative estimate of drug-likeness (QED) is 0.454. The fraction of sp³-hybridized carbons (Fsp3) is 0.125. The fourth-order valence-corrected chi connectivity index (χ4v) is 0.844. The van der Waals surface area contributed by atoms with Gasteiger partial charge >= 0.3 is 0 Å². The largest absolute Gasteiger partial charge is 0.505 e. The lowest BCUT2D eigenvalue weighted by atomic mass is 10.2. The third-order valence-corrected chi connectivity index (χ3v) is 1.41. The molecule has 0 heterocycles. The van der Waals surface area contributed by atoms with E-state index in [1.807, 2.05) is 0 Å². The molecular weight excluding hydrogens is 177 g/mol. The van der Waals surface area contributed by atoms with Crippen LogP contribution in [0.2, 0.25) is 0 Å². The lowest BCUT2D eigenvalue weighted by Crippen LogP contribution is -2.06. The van der Waals surface area contributed by atoms with Crippen molar-refractivity contribution in [3.8, 4) is 11.5 Å². The molecule has 0 spiro atoms.